The van der Waals surface area contributed by atoms with Crippen LogP contribution in [-0.4, -0.2) is 23.4 Å². The Kier molecular flexibility index (Phi) is 5.03. The Morgan fingerprint density at radius 1 is 1.29 bits per heavy atom. The van der Waals surface area contributed by atoms with Crippen molar-refractivity contribution < 1.29 is 14.7 Å². The third-order valence-electron chi connectivity index (χ3n) is 2.12. The summed E-state index contributed by atoms with van der Waals surface area (Å²) in [5, 5.41) is 12.9. The van der Waals surface area contributed by atoms with Gasteiger partial charge in [0, 0.05) is 11.4 Å². The number of nitrogens with one attached hydrogen (secondary N) is 1. The molecule has 0 heterocycles. The van der Waals surface area contributed by atoms with Crippen LogP contribution in [0.5, 0.6) is 0 Å². The van der Waals surface area contributed by atoms with Gasteiger partial charge in [-0.05, 0) is 31.0 Å². The molecule has 5 heteroatoms. The predicted molar refractivity (Wildman–Crippen MR) is 66.9 cm³/mol. The number of carboxylic acids is 1. The lowest BCUT2D eigenvalue weighted by Crippen LogP contribution is -2.25. The fourth-order valence-corrected chi connectivity index (χ4v) is 1.81. The number of carbonyl (C=O) groups is 2. The van der Waals surface area contributed by atoms with E-state index in [1.807, 2.05) is 32.0 Å². The second-order valence-electron chi connectivity index (χ2n) is 3.73. The number of rotatable bonds is 5. The first-order valence-electron chi connectivity index (χ1n) is 5.13. The topological polar surface area (TPSA) is 69.2 Å². The van der Waals surface area contributed by atoms with E-state index in [9.17, 15) is 14.7 Å². The second-order valence-corrected chi connectivity index (χ2v) is 4.72. The van der Waals surface area contributed by atoms with Gasteiger partial charge >= 0.3 is 0 Å². The molecule has 0 atom stereocenters. The van der Waals surface area contributed by atoms with Crippen LogP contribution in [0.25, 0.3) is 0 Å². The van der Waals surface area contributed by atoms with E-state index >= 15 is 0 Å². The summed E-state index contributed by atoms with van der Waals surface area (Å²) < 4.78 is 0. The maximum absolute atomic E-state index is 11.5. The largest absolute Gasteiger partial charge is 0.549 e. The first-order chi connectivity index (χ1) is 7.99. The van der Waals surface area contributed by atoms with Crippen molar-refractivity contribution in [2.24, 2.45) is 0 Å². The zero-order valence-corrected chi connectivity index (χ0v) is 10.6. The molecule has 0 unspecified atom stereocenters. The van der Waals surface area contributed by atoms with Gasteiger partial charge in [0.05, 0.1) is 11.7 Å². The van der Waals surface area contributed by atoms with Gasteiger partial charge in [-0.3, -0.25) is 4.79 Å². The van der Waals surface area contributed by atoms with Crippen LogP contribution in [0.1, 0.15) is 11.1 Å². The molecule has 1 aromatic rings. The summed E-state index contributed by atoms with van der Waals surface area (Å²) in [5.41, 5.74) is 2.81. The van der Waals surface area contributed by atoms with Crippen molar-refractivity contribution in [2.45, 2.75) is 13.8 Å². The number of carboxylic acid groups (broad SMARTS) is 1. The molecule has 1 aromatic carbocycles. The van der Waals surface area contributed by atoms with Crippen LogP contribution in [0, 0.1) is 13.8 Å². The van der Waals surface area contributed by atoms with Crippen molar-refractivity contribution in [2.75, 3.05) is 16.8 Å². The fourth-order valence-electron chi connectivity index (χ4n) is 1.28. The van der Waals surface area contributed by atoms with Crippen LogP contribution in [-0.2, 0) is 9.59 Å². The zero-order valence-electron chi connectivity index (χ0n) is 9.78. The zero-order chi connectivity index (χ0) is 12.8. The molecule has 0 fully saturated rings. The number of thioether (sulfide) groups is 1. The smallest absolute Gasteiger partial charge is 0.234 e. The van der Waals surface area contributed by atoms with E-state index in [0.717, 1.165) is 28.6 Å². The van der Waals surface area contributed by atoms with Crippen LogP contribution >= 0.6 is 11.8 Å². The van der Waals surface area contributed by atoms with Crippen molar-refractivity contribution in [1.82, 2.24) is 0 Å². The molecule has 0 aliphatic rings. The Morgan fingerprint density at radius 2 is 2.00 bits per heavy atom. The second kappa shape index (κ2) is 6.30. The number of anilines is 1. The summed E-state index contributed by atoms with van der Waals surface area (Å²) in [6.07, 6.45) is 0. The van der Waals surface area contributed by atoms with Gasteiger partial charge in [-0.2, -0.15) is 0 Å². The van der Waals surface area contributed by atoms with E-state index in [4.69, 9.17) is 0 Å². The molecule has 1 amide bonds. The van der Waals surface area contributed by atoms with Crippen LogP contribution in [0.2, 0.25) is 0 Å². The van der Waals surface area contributed by atoms with Gasteiger partial charge in [0.25, 0.3) is 0 Å². The van der Waals surface area contributed by atoms with E-state index in [1.165, 1.54) is 0 Å². The molecule has 17 heavy (non-hydrogen) atoms. The van der Waals surface area contributed by atoms with Crippen molar-refractivity contribution >= 4 is 29.3 Å². The number of amides is 1. The number of hydrogen-bond donors (Lipinski definition) is 1. The lowest BCUT2D eigenvalue weighted by molar-refractivity contribution is -0.301. The minimum absolute atomic E-state index is 0.112. The monoisotopic (exact) mass is 252 g/mol. The lowest BCUT2D eigenvalue weighted by Gasteiger charge is -2.09. The van der Waals surface area contributed by atoms with E-state index in [-0.39, 0.29) is 17.4 Å². The Morgan fingerprint density at radius 3 is 2.65 bits per heavy atom. The predicted octanol–water partition coefficient (Wildman–Crippen LogP) is 0.725. The van der Waals surface area contributed by atoms with E-state index in [0.29, 0.717) is 0 Å². The van der Waals surface area contributed by atoms with Gasteiger partial charge < -0.3 is 15.2 Å². The summed E-state index contributed by atoms with van der Waals surface area (Å²) in [6, 6.07) is 5.78. The van der Waals surface area contributed by atoms with Crippen molar-refractivity contribution in [1.29, 1.82) is 0 Å². The molecule has 1 N–H and O–H groups in total. The minimum Gasteiger partial charge on any atom is -0.549 e. The average molecular weight is 252 g/mol. The molecule has 0 spiro atoms. The number of aryl methyl sites for hydroxylation is 2. The van der Waals surface area contributed by atoms with E-state index in [2.05, 4.69) is 5.32 Å². The third-order valence-corrected chi connectivity index (χ3v) is 3.03. The van der Waals surface area contributed by atoms with Gasteiger partial charge in [-0.1, -0.05) is 12.1 Å². The van der Waals surface area contributed by atoms with Crippen LogP contribution < -0.4 is 10.4 Å². The highest BCUT2D eigenvalue weighted by molar-refractivity contribution is 8.00. The summed E-state index contributed by atoms with van der Waals surface area (Å²) >= 11 is 1.02. The first-order valence-corrected chi connectivity index (χ1v) is 6.29. The highest BCUT2D eigenvalue weighted by atomic mass is 32.2. The fraction of sp³-hybridized carbons (Fsp3) is 0.333. The molecule has 1 rings (SSSR count). The molecule has 0 aliphatic heterocycles. The molecule has 0 bridgehead atoms. The Hall–Kier alpha value is -1.49. The molecular weight excluding hydrogens is 238 g/mol. The molecular formula is C12H14NO3S-. The van der Waals surface area contributed by atoms with E-state index in [1.54, 1.807) is 0 Å². The third kappa shape index (κ3) is 4.91. The highest BCUT2D eigenvalue weighted by Gasteiger charge is 2.05. The van der Waals surface area contributed by atoms with Crippen LogP contribution in [0.3, 0.4) is 0 Å². The number of aliphatic carboxylic acids is 1. The van der Waals surface area contributed by atoms with Crippen LogP contribution in [0.15, 0.2) is 18.2 Å². The number of hydrogen-bond acceptors (Lipinski definition) is 4. The summed E-state index contributed by atoms with van der Waals surface area (Å²) in [6.45, 7) is 3.85. The maximum Gasteiger partial charge on any atom is 0.234 e. The molecule has 0 aliphatic carbocycles. The Balaban J connectivity index is 2.50. The van der Waals surface area contributed by atoms with Gasteiger partial charge in [-0.25, -0.2) is 0 Å². The van der Waals surface area contributed by atoms with Gasteiger partial charge in [0.1, 0.15) is 0 Å². The normalized spacial score (nSPS) is 10.0. The molecule has 92 valence electrons. The van der Waals surface area contributed by atoms with Gasteiger partial charge in [0.15, 0.2) is 0 Å². The lowest BCUT2D eigenvalue weighted by atomic mass is 10.1. The summed E-state index contributed by atoms with van der Waals surface area (Å²) in [4.78, 5) is 21.7. The first kappa shape index (κ1) is 13.6. The molecule has 0 saturated carbocycles. The van der Waals surface area contributed by atoms with Gasteiger partial charge in [-0.15, -0.1) is 11.8 Å². The Labute approximate surface area is 104 Å². The van der Waals surface area contributed by atoms with Gasteiger partial charge in [0.2, 0.25) is 5.91 Å². The standard InChI is InChI=1S/C12H15NO3S/c1-8-3-4-9(2)10(5-8)13-11(14)6-17-7-12(15)16/h3-5H,6-7H2,1-2H3,(H,13,14)(H,15,16)/p-1. The van der Waals surface area contributed by atoms with Crippen molar-refractivity contribution in [3.8, 4) is 0 Å². The molecule has 0 saturated heterocycles. The number of benzene rings is 1. The molecule has 4 nitrogen and oxygen atoms in total. The summed E-state index contributed by atoms with van der Waals surface area (Å²) in [7, 11) is 0. The van der Waals surface area contributed by atoms with Crippen LogP contribution in [0.4, 0.5) is 5.69 Å². The molecule has 0 radical (unpaired) electrons. The quantitative estimate of drug-likeness (QED) is 0.838. The van der Waals surface area contributed by atoms with E-state index < -0.39 is 5.97 Å². The van der Waals surface area contributed by atoms with Crippen molar-refractivity contribution in [3.05, 3.63) is 29.3 Å². The summed E-state index contributed by atoms with van der Waals surface area (Å²) in [5.74, 6) is -1.42. The maximum atomic E-state index is 11.5. The van der Waals surface area contributed by atoms with Crippen molar-refractivity contribution in [3.63, 3.8) is 0 Å². The average Bonchev–Trinajstić information content (AvgIpc) is 2.23. The highest BCUT2D eigenvalue weighted by Crippen LogP contribution is 2.16. The number of carbonyl (C=O) groups excluding carboxylic acids is 2. The molecule has 0 aromatic heterocycles. The Bertz CT molecular complexity index is 432. The SMILES string of the molecule is Cc1ccc(C)c(NC(=O)CSCC(=O)[O-])c1. The minimum atomic E-state index is -1.16.